The van der Waals surface area contributed by atoms with Gasteiger partial charge in [0.15, 0.2) is 0 Å². The Bertz CT molecular complexity index is 1390. The van der Waals surface area contributed by atoms with Gasteiger partial charge in [0.2, 0.25) is 5.91 Å². The lowest BCUT2D eigenvalue weighted by Gasteiger charge is -2.36. The zero-order chi connectivity index (χ0) is 23.7. The van der Waals surface area contributed by atoms with Crippen LogP contribution in [0.2, 0.25) is 0 Å². The van der Waals surface area contributed by atoms with Gasteiger partial charge >= 0.3 is 0 Å². The number of piperazine rings is 1. The smallest absolute Gasteiger partial charge is 0.276 e. The van der Waals surface area contributed by atoms with Crippen molar-refractivity contribution >= 4 is 43.1 Å². The van der Waals surface area contributed by atoms with Gasteiger partial charge in [-0.25, -0.2) is 4.68 Å². The zero-order valence-corrected chi connectivity index (χ0v) is 20.3. The number of hydrogen-bond acceptors (Lipinski definition) is 6. The number of aryl methyl sites for hydroxylation is 2. The number of aromatic nitrogens is 2. The van der Waals surface area contributed by atoms with Crippen molar-refractivity contribution in [2.45, 2.75) is 26.3 Å². The fraction of sp³-hybridized carbons (Fsp3) is 0.346. The molecule has 2 aromatic heterocycles. The first-order chi connectivity index (χ1) is 16.5. The number of rotatable bonds is 6. The van der Waals surface area contributed by atoms with Crippen LogP contribution in [0.15, 0.2) is 53.3 Å². The van der Waals surface area contributed by atoms with Crippen LogP contribution in [0.5, 0.6) is 5.75 Å². The molecule has 0 atom stereocenters. The monoisotopic (exact) mass is 476 g/mol. The van der Waals surface area contributed by atoms with E-state index in [2.05, 4.69) is 22.1 Å². The summed E-state index contributed by atoms with van der Waals surface area (Å²) in [5.41, 5.74) is 1.93. The number of amides is 1. The molecule has 7 nitrogen and oxygen atoms in total. The van der Waals surface area contributed by atoms with Gasteiger partial charge in [0.25, 0.3) is 5.56 Å². The molecule has 5 rings (SSSR count). The van der Waals surface area contributed by atoms with Gasteiger partial charge in [-0.3, -0.25) is 9.59 Å². The summed E-state index contributed by atoms with van der Waals surface area (Å²) in [4.78, 5) is 30.2. The summed E-state index contributed by atoms with van der Waals surface area (Å²) in [6.07, 6.45) is 1.01. The predicted molar refractivity (Wildman–Crippen MR) is 137 cm³/mol. The number of carbonyl (C=O) groups excluding carboxylic acids is 1. The van der Waals surface area contributed by atoms with Crippen LogP contribution < -0.4 is 15.2 Å². The molecule has 1 fully saturated rings. The van der Waals surface area contributed by atoms with Crippen molar-refractivity contribution in [3.05, 3.63) is 64.6 Å². The van der Waals surface area contributed by atoms with E-state index >= 15 is 0 Å². The van der Waals surface area contributed by atoms with Crippen LogP contribution in [0.4, 0.5) is 5.69 Å². The third-order valence-electron chi connectivity index (χ3n) is 6.47. The molecule has 0 saturated carbocycles. The van der Waals surface area contributed by atoms with E-state index in [-0.39, 0.29) is 11.5 Å². The van der Waals surface area contributed by atoms with Crippen LogP contribution in [0.25, 0.3) is 20.2 Å². The molecule has 1 amide bonds. The number of carbonyl (C=O) groups is 1. The first-order valence-corrected chi connectivity index (χ1v) is 12.4. The zero-order valence-electron chi connectivity index (χ0n) is 19.5. The van der Waals surface area contributed by atoms with E-state index in [1.807, 2.05) is 48.2 Å². The standard InChI is InChI=1S/C26H28N4O3S/c1-18-25-24(21-6-3-4-7-22(21)34-25)26(32)30(27-18)13-5-8-23(31)29-16-14-28(15-17-29)19-9-11-20(33-2)12-10-19/h3-4,6-7,9-12H,5,8,13-17H2,1-2H3. The highest BCUT2D eigenvalue weighted by Gasteiger charge is 2.21. The molecule has 1 aliphatic rings. The minimum atomic E-state index is -0.0707. The summed E-state index contributed by atoms with van der Waals surface area (Å²) in [7, 11) is 1.66. The molecule has 0 aliphatic carbocycles. The second kappa shape index (κ2) is 9.46. The number of anilines is 1. The van der Waals surface area contributed by atoms with E-state index in [4.69, 9.17) is 4.74 Å². The molecule has 1 aliphatic heterocycles. The fourth-order valence-corrected chi connectivity index (χ4v) is 5.74. The summed E-state index contributed by atoms with van der Waals surface area (Å²) in [5.74, 6) is 0.980. The molecule has 0 unspecified atom stereocenters. The van der Waals surface area contributed by atoms with Gasteiger partial charge in [0.1, 0.15) is 5.75 Å². The molecular formula is C26H28N4O3S. The SMILES string of the molecule is COc1ccc(N2CCN(C(=O)CCCn3nc(C)c4sc5ccccc5c4c3=O)CC2)cc1. The van der Waals surface area contributed by atoms with Gasteiger partial charge < -0.3 is 14.5 Å². The van der Waals surface area contributed by atoms with E-state index in [0.717, 1.165) is 50.4 Å². The lowest BCUT2D eigenvalue weighted by atomic mass is 10.2. The van der Waals surface area contributed by atoms with Crippen molar-refractivity contribution in [3.8, 4) is 5.75 Å². The van der Waals surface area contributed by atoms with Crippen LogP contribution >= 0.6 is 11.3 Å². The van der Waals surface area contributed by atoms with Crippen molar-refractivity contribution in [2.24, 2.45) is 0 Å². The Labute approximate surface area is 202 Å². The van der Waals surface area contributed by atoms with E-state index in [1.54, 1.807) is 18.4 Å². The number of methoxy groups -OCH3 is 1. The third kappa shape index (κ3) is 4.25. The Hall–Kier alpha value is -3.39. The second-order valence-corrected chi connectivity index (χ2v) is 9.64. The molecule has 2 aromatic carbocycles. The first kappa shape index (κ1) is 22.4. The summed E-state index contributed by atoms with van der Waals surface area (Å²) in [6.45, 7) is 5.41. The number of benzene rings is 2. The summed E-state index contributed by atoms with van der Waals surface area (Å²) in [6, 6.07) is 16.0. The lowest BCUT2D eigenvalue weighted by molar-refractivity contribution is -0.131. The highest BCUT2D eigenvalue weighted by atomic mass is 32.1. The maximum Gasteiger partial charge on any atom is 0.276 e. The quantitative estimate of drug-likeness (QED) is 0.420. The summed E-state index contributed by atoms with van der Waals surface area (Å²) >= 11 is 1.61. The molecule has 0 radical (unpaired) electrons. The Balaban J connectivity index is 1.19. The van der Waals surface area contributed by atoms with Crippen LogP contribution in [0.3, 0.4) is 0 Å². The molecule has 1 saturated heterocycles. The van der Waals surface area contributed by atoms with Gasteiger partial charge in [-0.15, -0.1) is 11.3 Å². The Kier molecular flexibility index (Phi) is 6.24. The molecular weight excluding hydrogens is 448 g/mol. The summed E-state index contributed by atoms with van der Waals surface area (Å²) in [5, 5.41) is 6.26. The van der Waals surface area contributed by atoms with Gasteiger partial charge in [0, 0.05) is 54.9 Å². The Morgan fingerprint density at radius 1 is 1.06 bits per heavy atom. The van der Waals surface area contributed by atoms with Crippen LogP contribution in [-0.4, -0.2) is 53.9 Å². The molecule has 0 N–H and O–H groups in total. The second-order valence-electron chi connectivity index (χ2n) is 8.59. The Morgan fingerprint density at radius 3 is 2.53 bits per heavy atom. The minimum Gasteiger partial charge on any atom is -0.497 e. The van der Waals surface area contributed by atoms with Crippen LogP contribution in [0.1, 0.15) is 18.5 Å². The molecule has 0 spiro atoms. The lowest BCUT2D eigenvalue weighted by Crippen LogP contribution is -2.48. The average Bonchev–Trinajstić information content (AvgIpc) is 3.28. The van der Waals surface area contributed by atoms with Gasteiger partial charge in [-0.1, -0.05) is 18.2 Å². The third-order valence-corrected chi connectivity index (χ3v) is 7.75. The summed E-state index contributed by atoms with van der Waals surface area (Å²) < 4.78 is 8.81. The fourth-order valence-electron chi connectivity index (χ4n) is 4.61. The van der Waals surface area contributed by atoms with Crippen molar-refractivity contribution in [1.82, 2.24) is 14.7 Å². The number of ether oxygens (including phenoxy) is 1. The van der Waals surface area contributed by atoms with E-state index in [0.29, 0.717) is 32.5 Å². The molecule has 0 bridgehead atoms. The topological polar surface area (TPSA) is 67.7 Å². The van der Waals surface area contributed by atoms with Gasteiger partial charge in [0.05, 0.1) is 22.9 Å². The first-order valence-electron chi connectivity index (χ1n) is 11.6. The molecule has 176 valence electrons. The highest BCUT2D eigenvalue weighted by Crippen LogP contribution is 2.32. The number of fused-ring (bicyclic) bond motifs is 3. The van der Waals surface area contributed by atoms with Gasteiger partial charge in [-0.2, -0.15) is 5.10 Å². The number of hydrogen-bond donors (Lipinski definition) is 0. The van der Waals surface area contributed by atoms with E-state index < -0.39 is 0 Å². The molecule has 8 heteroatoms. The molecule has 3 heterocycles. The average molecular weight is 477 g/mol. The van der Waals surface area contributed by atoms with Crippen molar-refractivity contribution in [1.29, 1.82) is 0 Å². The number of nitrogens with zero attached hydrogens (tertiary/aromatic N) is 4. The minimum absolute atomic E-state index is 0.0707. The van der Waals surface area contributed by atoms with Gasteiger partial charge in [-0.05, 0) is 43.7 Å². The largest absolute Gasteiger partial charge is 0.497 e. The highest BCUT2D eigenvalue weighted by molar-refractivity contribution is 7.26. The van der Waals surface area contributed by atoms with E-state index in [1.165, 1.54) is 4.68 Å². The normalized spacial score (nSPS) is 14.2. The maximum atomic E-state index is 13.1. The van der Waals surface area contributed by atoms with Crippen LogP contribution in [0, 0.1) is 6.92 Å². The van der Waals surface area contributed by atoms with Crippen LogP contribution in [-0.2, 0) is 11.3 Å². The molecule has 34 heavy (non-hydrogen) atoms. The predicted octanol–water partition coefficient (Wildman–Crippen LogP) is 4.06. The molecule has 4 aromatic rings. The van der Waals surface area contributed by atoms with Crippen molar-refractivity contribution in [3.63, 3.8) is 0 Å². The van der Waals surface area contributed by atoms with Crippen molar-refractivity contribution in [2.75, 3.05) is 38.2 Å². The Morgan fingerprint density at radius 2 is 1.79 bits per heavy atom. The number of thiophene rings is 1. The maximum absolute atomic E-state index is 13.1. The van der Waals surface area contributed by atoms with Crippen molar-refractivity contribution < 1.29 is 9.53 Å². The van der Waals surface area contributed by atoms with E-state index in [9.17, 15) is 9.59 Å².